The van der Waals surface area contributed by atoms with Gasteiger partial charge < -0.3 is 19.9 Å². The van der Waals surface area contributed by atoms with Crippen LogP contribution in [0.25, 0.3) is 0 Å². The number of pyridine rings is 1. The normalized spacial score (nSPS) is 14.7. The number of carbonyl (C=O) groups excluding carboxylic acids is 2. The Kier molecular flexibility index (Phi) is 7.19. The van der Waals surface area contributed by atoms with Crippen LogP contribution in [0, 0.1) is 0 Å². The number of ether oxygens (including phenoxy) is 1. The fourth-order valence-electron chi connectivity index (χ4n) is 4.25. The second-order valence-corrected chi connectivity index (χ2v) is 8.13. The summed E-state index contributed by atoms with van der Waals surface area (Å²) in [6, 6.07) is 17.0. The van der Waals surface area contributed by atoms with Crippen molar-refractivity contribution in [3.8, 4) is 0 Å². The van der Waals surface area contributed by atoms with Gasteiger partial charge in [0.25, 0.3) is 11.8 Å². The van der Waals surface area contributed by atoms with Crippen molar-refractivity contribution < 1.29 is 14.3 Å². The van der Waals surface area contributed by atoms with Gasteiger partial charge in [0.15, 0.2) is 0 Å². The van der Waals surface area contributed by atoms with E-state index in [1.165, 1.54) is 0 Å². The van der Waals surface area contributed by atoms with Gasteiger partial charge in [-0.3, -0.25) is 14.6 Å². The van der Waals surface area contributed by atoms with Gasteiger partial charge in [-0.1, -0.05) is 50.2 Å². The number of carbonyl (C=O) groups is 2. The van der Waals surface area contributed by atoms with Gasteiger partial charge in [-0.15, -0.1) is 0 Å². The number of hydrogen-bond acceptors (Lipinski definition) is 4. The SMILES string of the molecule is CC[C@@H](NC(=O)c1cc(C(=O)N[C@H](CC)c2ccccn2)n2c1COCC2)c1ccccc1. The van der Waals surface area contributed by atoms with Crippen LogP contribution in [0.5, 0.6) is 0 Å². The van der Waals surface area contributed by atoms with Crippen LogP contribution >= 0.6 is 0 Å². The van der Waals surface area contributed by atoms with E-state index in [9.17, 15) is 9.59 Å². The number of amides is 2. The van der Waals surface area contributed by atoms with Gasteiger partial charge in [-0.25, -0.2) is 0 Å². The molecule has 3 heterocycles. The van der Waals surface area contributed by atoms with Gasteiger partial charge in [0, 0.05) is 12.7 Å². The summed E-state index contributed by atoms with van der Waals surface area (Å²) in [6.45, 7) is 5.38. The highest BCUT2D eigenvalue weighted by Crippen LogP contribution is 2.24. The minimum atomic E-state index is -0.218. The first-order valence-electron chi connectivity index (χ1n) is 11.5. The van der Waals surface area contributed by atoms with Crippen molar-refractivity contribution in [3.63, 3.8) is 0 Å². The molecule has 0 saturated heterocycles. The molecule has 33 heavy (non-hydrogen) atoms. The third-order valence-corrected chi connectivity index (χ3v) is 6.06. The van der Waals surface area contributed by atoms with Crippen molar-refractivity contribution in [2.24, 2.45) is 0 Å². The number of rotatable bonds is 8. The molecule has 2 N–H and O–H groups in total. The van der Waals surface area contributed by atoms with Gasteiger partial charge in [0.2, 0.25) is 0 Å². The molecule has 0 fully saturated rings. The molecule has 0 unspecified atom stereocenters. The van der Waals surface area contributed by atoms with Crippen LogP contribution in [-0.4, -0.2) is 28.0 Å². The number of fused-ring (bicyclic) bond motifs is 1. The predicted molar refractivity (Wildman–Crippen MR) is 126 cm³/mol. The average molecular weight is 447 g/mol. The average Bonchev–Trinajstić information content (AvgIpc) is 3.26. The number of nitrogens with one attached hydrogen (secondary N) is 2. The van der Waals surface area contributed by atoms with E-state index in [1.807, 2.05) is 66.9 Å². The first-order valence-corrected chi connectivity index (χ1v) is 11.5. The molecule has 4 rings (SSSR count). The maximum Gasteiger partial charge on any atom is 0.268 e. The lowest BCUT2D eigenvalue weighted by atomic mass is 10.0. The third kappa shape index (κ3) is 4.98. The van der Waals surface area contributed by atoms with Crippen LogP contribution in [0.4, 0.5) is 0 Å². The zero-order chi connectivity index (χ0) is 23.2. The first-order chi connectivity index (χ1) is 16.1. The molecule has 0 aliphatic carbocycles. The predicted octanol–water partition coefficient (Wildman–Crippen LogP) is 4.18. The summed E-state index contributed by atoms with van der Waals surface area (Å²) in [5.74, 6) is -0.416. The topological polar surface area (TPSA) is 85.3 Å². The number of aromatic nitrogens is 2. The van der Waals surface area contributed by atoms with E-state index < -0.39 is 0 Å². The Morgan fingerprint density at radius 3 is 2.42 bits per heavy atom. The van der Waals surface area contributed by atoms with Crippen molar-refractivity contribution in [2.45, 2.75) is 51.9 Å². The standard InChI is InChI=1S/C26H30N4O3/c1-3-20(18-10-6-5-7-11-18)28-25(31)19-16-23(30-14-15-33-17-24(19)30)26(32)29-21(4-2)22-12-8-9-13-27-22/h5-13,16,20-21H,3-4,14-15,17H2,1-2H3,(H,28,31)(H,29,32)/t20-,21-/m1/s1. The number of nitrogens with zero attached hydrogens (tertiary/aromatic N) is 2. The highest BCUT2D eigenvalue weighted by atomic mass is 16.5. The van der Waals surface area contributed by atoms with Crippen LogP contribution in [0.15, 0.2) is 60.8 Å². The Labute approximate surface area is 194 Å². The smallest absolute Gasteiger partial charge is 0.268 e. The Balaban J connectivity index is 1.58. The molecule has 3 aromatic rings. The maximum atomic E-state index is 13.3. The van der Waals surface area contributed by atoms with E-state index in [0.29, 0.717) is 37.4 Å². The lowest BCUT2D eigenvalue weighted by molar-refractivity contribution is 0.0773. The Hall–Kier alpha value is -3.45. The molecule has 0 saturated carbocycles. The molecule has 1 aromatic carbocycles. The lowest BCUT2D eigenvalue weighted by Gasteiger charge is -2.21. The van der Waals surface area contributed by atoms with Crippen LogP contribution in [-0.2, 0) is 17.9 Å². The van der Waals surface area contributed by atoms with Crippen molar-refractivity contribution in [3.05, 3.63) is 89.0 Å². The minimum absolute atomic E-state index is 0.107. The molecule has 2 atom stereocenters. The van der Waals surface area contributed by atoms with Gasteiger partial charge in [-0.2, -0.15) is 0 Å². The monoisotopic (exact) mass is 446 g/mol. The molecular weight excluding hydrogens is 416 g/mol. The summed E-state index contributed by atoms with van der Waals surface area (Å²) in [7, 11) is 0. The largest absolute Gasteiger partial charge is 0.373 e. The summed E-state index contributed by atoms with van der Waals surface area (Å²) in [6.07, 6.45) is 3.19. The van der Waals surface area contributed by atoms with E-state index in [2.05, 4.69) is 15.6 Å². The Bertz CT molecular complexity index is 1010. The molecular formula is C26H30N4O3. The summed E-state index contributed by atoms with van der Waals surface area (Å²) in [5, 5.41) is 6.21. The second-order valence-electron chi connectivity index (χ2n) is 8.13. The zero-order valence-corrected chi connectivity index (χ0v) is 19.1. The van der Waals surface area contributed by atoms with Crippen molar-refractivity contribution in [1.82, 2.24) is 20.2 Å². The Morgan fingerprint density at radius 1 is 1.00 bits per heavy atom. The highest BCUT2D eigenvalue weighted by molar-refractivity contribution is 6.01. The number of benzene rings is 1. The fraction of sp³-hybridized carbons (Fsp3) is 0.346. The van der Waals surface area contributed by atoms with Crippen LogP contribution in [0.1, 0.15) is 76.6 Å². The summed E-state index contributed by atoms with van der Waals surface area (Å²) in [4.78, 5) is 30.9. The molecule has 0 radical (unpaired) electrons. The molecule has 2 aromatic heterocycles. The fourth-order valence-corrected chi connectivity index (χ4v) is 4.25. The van der Waals surface area contributed by atoms with Crippen LogP contribution in [0.2, 0.25) is 0 Å². The van der Waals surface area contributed by atoms with E-state index in [-0.39, 0.29) is 23.9 Å². The van der Waals surface area contributed by atoms with E-state index >= 15 is 0 Å². The molecule has 0 spiro atoms. The molecule has 2 amide bonds. The molecule has 7 heteroatoms. The van der Waals surface area contributed by atoms with Gasteiger partial charge in [-0.05, 0) is 36.6 Å². The molecule has 1 aliphatic rings. The summed E-state index contributed by atoms with van der Waals surface area (Å²) >= 11 is 0. The summed E-state index contributed by atoms with van der Waals surface area (Å²) in [5.41, 5.74) is 3.56. The highest BCUT2D eigenvalue weighted by Gasteiger charge is 2.28. The lowest BCUT2D eigenvalue weighted by Crippen LogP contribution is -2.32. The molecule has 1 aliphatic heterocycles. The zero-order valence-electron chi connectivity index (χ0n) is 19.1. The van der Waals surface area contributed by atoms with Crippen LogP contribution in [0.3, 0.4) is 0 Å². The second kappa shape index (κ2) is 10.4. The van der Waals surface area contributed by atoms with Gasteiger partial charge in [0.1, 0.15) is 5.69 Å². The van der Waals surface area contributed by atoms with E-state index in [4.69, 9.17) is 4.74 Å². The third-order valence-electron chi connectivity index (χ3n) is 6.06. The number of hydrogen-bond donors (Lipinski definition) is 2. The van der Waals surface area contributed by atoms with Crippen LogP contribution < -0.4 is 10.6 Å². The first kappa shape index (κ1) is 22.7. The molecule has 7 nitrogen and oxygen atoms in total. The van der Waals surface area contributed by atoms with Gasteiger partial charge >= 0.3 is 0 Å². The van der Waals surface area contributed by atoms with Crippen molar-refractivity contribution in [2.75, 3.05) is 6.61 Å². The summed E-state index contributed by atoms with van der Waals surface area (Å²) < 4.78 is 7.53. The van der Waals surface area contributed by atoms with E-state index in [1.54, 1.807) is 12.3 Å². The quantitative estimate of drug-likeness (QED) is 0.544. The van der Waals surface area contributed by atoms with Gasteiger partial charge in [0.05, 0.1) is 42.2 Å². The molecule has 0 bridgehead atoms. The van der Waals surface area contributed by atoms with E-state index in [0.717, 1.165) is 23.4 Å². The Morgan fingerprint density at radius 2 is 1.73 bits per heavy atom. The molecule has 172 valence electrons. The minimum Gasteiger partial charge on any atom is -0.373 e. The van der Waals surface area contributed by atoms with Crippen molar-refractivity contribution >= 4 is 11.8 Å². The van der Waals surface area contributed by atoms with Crippen molar-refractivity contribution in [1.29, 1.82) is 0 Å². The maximum absolute atomic E-state index is 13.3.